The van der Waals surface area contributed by atoms with Gasteiger partial charge in [-0.2, -0.15) is 4.98 Å². The van der Waals surface area contributed by atoms with E-state index in [1.54, 1.807) is 25.3 Å². The monoisotopic (exact) mass is 453 g/mol. The zero-order valence-electron chi connectivity index (χ0n) is 18.6. The second-order valence-electron chi connectivity index (χ2n) is 8.12. The molecule has 1 atom stereocenters. The summed E-state index contributed by atoms with van der Waals surface area (Å²) in [6.45, 7) is 5.43. The lowest BCUT2D eigenvalue weighted by atomic mass is 10.1. The van der Waals surface area contributed by atoms with Gasteiger partial charge in [0.1, 0.15) is 11.9 Å². The van der Waals surface area contributed by atoms with Crippen LogP contribution in [0, 0.1) is 19.7 Å². The molecule has 2 N–H and O–H groups in total. The Balaban J connectivity index is 1.57. The van der Waals surface area contributed by atoms with Crippen LogP contribution in [-0.2, 0) is 17.8 Å². The van der Waals surface area contributed by atoms with E-state index < -0.39 is 23.6 Å². The predicted octanol–water partition coefficient (Wildman–Crippen LogP) is 3.28. The Bertz CT molecular complexity index is 1250. The van der Waals surface area contributed by atoms with Gasteiger partial charge in [0, 0.05) is 17.9 Å². The van der Waals surface area contributed by atoms with Crippen LogP contribution in [0.5, 0.6) is 0 Å². The first-order chi connectivity index (χ1) is 15.7. The molecule has 1 aromatic carbocycles. The summed E-state index contributed by atoms with van der Waals surface area (Å²) in [6.07, 6.45) is 2.31. The molecule has 0 radical (unpaired) electrons. The van der Waals surface area contributed by atoms with Crippen molar-refractivity contribution in [3.05, 3.63) is 64.3 Å². The van der Waals surface area contributed by atoms with Crippen LogP contribution in [0.3, 0.4) is 0 Å². The van der Waals surface area contributed by atoms with E-state index in [9.17, 15) is 18.8 Å². The Hall–Kier alpha value is -3.82. The van der Waals surface area contributed by atoms with E-state index >= 15 is 0 Å². The quantitative estimate of drug-likeness (QED) is 0.437. The predicted molar refractivity (Wildman–Crippen MR) is 116 cm³/mol. The third-order valence-electron chi connectivity index (χ3n) is 5.61. The van der Waals surface area contributed by atoms with Gasteiger partial charge in [-0.1, -0.05) is 5.16 Å². The van der Waals surface area contributed by atoms with Crippen molar-refractivity contribution >= 4 is 23.3 Å². The highest BCUT2D eigenvalue weighted by atomic mass is 19.1. The standard InChI is InChI=1S/C23H24FN5O4/c1-12-10-15(7-8-17(12)24)27-21(31)16-11-19(29-9-5-4-6-18(16)29)20(30)22(32)25-13(2)23-26-14(3)28-33-23/h7-8,10-11,13H,4-6,9H2,1-3H3,(H,25,32)(H,27,31)/t13-/m1/s1. The number of nitrogens with zero attached hydrogens (tertiary/aromatic N) is 3. The van der Waals surface area contributed by atoms with E-state index in [2.05, 4.69) is 20.8 Å². The molecular weight excluding hydrogens is 429 g/mol. The lowest BCUT2D eigenvalue weighted by Gasteiger charge is -2.18. The number of ketones is 1. The summed E-state index contributed by atoms with van der Waals surface area (Å²) in [5.74, 6) is -1.74. The van der Waals surface area contributed by atoms with Crippen LogP contribution >= 0.6 is 0 Å². The molecule has 1 aliphatic heterocycles. The number of nitrogens with one attached hydrogen (secondary N) is 2. The first-order valence-corrected chi connectivity index (χ1v) is 10.7. The molecule has 3 aromatic rings. The number of Topliss-reactive ketones (excluding diaryl/α,β-unsaturated/α-hetero) is 1. The smallest absolute Gasteiger partial charge is 0.294 e. The number of halogens is 1. The maximum atomic E-state index is 13.5. The fraction of sp³-hybridized carbons (Fsp3) is 0.348. The Morgan fingerprint density at radius 1 is 1.18 bits per heavy atom. The van der Waals surface area contributed by atoms with E-state index in [1.807, 2.05) is 0 Å². The van der Waals surface area contributed by atoms with E-state index in [0.717, 1.165) is 12.8 Å². The third-order valence-corrected chi connectivity index (χ3v) is 5.61. The van der Waals surface area contributed by atoms with E-state index in [0.29, 0.717) is 41.3 Å². The summed E-state index contributed by atoms with van der Waals surface area (Å²) in [5, 5.41) is 9.01. The van der Waals surface area contributed by atoms with Crippen LogP contribution < -0.4 is 10.6 Å². The van der Waals surface area contributed by atoms with Crippen LogP contribution in [0.25, 0.3) is 0 Å². The van der Waals surface area contributed by atoms with Crippen molar-refractivity contribution in [3.8, 4) is 0 Å². The Labute approximate surface area is 189 Å². The number of benzene rings is 1. The Morgan fingerprint density at radius 3 is 2.67 bits per heavy atom. The summed E-state index contributed by atoms with van der Waals surface area (Å²) >= 11 is 0. The summed E-state index contributed by atoms with van der Waals surface area (Å²) in [4.78, 5) is 42.7. The zero-order chi connectivity index (χ0) is 23.7. The molecular formula is C23H24FN5O4. The molecule has 0 spiro atoms. The number of aromatic nitrogens is 3. The largest absolute Gasteiger partial charge is 0.341 e. The number of amides is 2. The molecule has 0 saturated carbocycles. The fourth-order valence-electron chi connectivity index (χ4n) is 3.91. The molecule has 10 heteroatoms. The lowest BCUT2D eigenvalue weighted by molar-refractivity contribution is -0.117. The van der Waals surface area contributed by atoms with E-state index in [4.69, 9.17) is 4.52 Å². The first kappa shape index (κ1) is 22.4. The average molecular weight is 453 g/mol. The molecule has 9 nitrogen and oxygen atoms in total. The molecule has 2 amide bonds. The highest BCUT2D eigenvalue weighted by molar-refractivity contribution is 6.42. The molecule has 4 rings (SSSR count). The Morgan fingerprint density at radius 2 is 1.97 bits per heavy atom. The average Bonchev–Trinajstić information content (AvgIpc) is 3.40. The van der Waals surface area contributed by atoms with Crippen LogP contribution in [-0.4, -0.2) is 32.3 Å². The summed E-state index contributed by atoms with van der Waals surface area (Å²) in [7, 11) is 0. The maximum Gasteiger partial charge on any atom is 0.294 e. The van der Waals surface area contributed by atoms with Gasteiger partial charge >= 0.3 is 0 Å². The minimum atomic E-state index is -0.828. The minimum Gasteiger partial charge on any atom is -0.341 e. The van der Waals surface area contributed by atoms with Gasteiger partial charge < -0.3 is 19.7 Å². The molecule has 0 bridgehead atoms. The molecule has 0 unspecified atom stereocenters. The van der Waals surface area contributed by atoms with Crippen LogP contribution in [0.15, 0.2) is 28.8 Å². The second kappa shape index (κ2) is 8.97. The van der Waals surface area contributed by atoms with Crippen molar-refractivity contribution in [2.75, 3.05) is 5.32 Å². The number of anilines is 1. The number of hydrogen-bond acceptors (Lipinski definition) is 6. The SMILES string of the molecule is Cc1noc([C@@H](C)NC(=O)C(=O)c2cc(C(=O)Nc3ccc(F)c(C)c3)c3n2CCCC3)n1. The number of carbonyl (C=O) groups excluding carboxylic acids is 3. The lowest BCUT2D eigenvalue weighted by Crippen LogP contribution is -2.34. The number of fused-ring (bicyclic) bond motifs is 1. The van der Waals surface area contributed by atoms with Crippen molar-refractivity contribution in [2.45, 2.75) is 52.6 Å². The van der Waals surface area contributed by atoms with Gasteiger partial charge in [-0.25, -0.2) is 4.39 Å². The molecule has 0 aliphatic carbocycles. The van der Waals surface area contributed by atoms with Crippen molar-refractivity contribution < 1.29 is 23.3 Å². The van der Waals surface area contributed by atoms with Gasteiger partial charge in [0.05, 0.1) is 11.3 Å². The van der Waals surface area contributed by atoms with Crippen LogP contribution in [0.2, 0.25) is 0 Å². The molecule has 0 saturated heterocycles. The van der Waals surface area contributed by atoms with Crippen molar-refractivity contribution in [1.29, 1.82) is 0 Å². The highest BCUT2D eigenvalue weighted by Gasteiger charge is 2.30. The van der Waals surface area contributed by atoms with Crippen molar-refractivity contribution in [3.63, 3.8) is 0 Å². The molecule has 0 fully saturated rings. The summed E-state index contributed by atoms with van der Waals surface area (Å²) in [5.41, 5.74) is 2.04. The zero-order valence-corrected chi connectivity index (χ0v) is 18.6. The van der Waals surface area contributed by atoms with Gasteiger partial charge in [0.2, 0.25) is 5.89 Å². The molecule has 3 heterocycles. The third kappa shape index (κ3) is 4.55. The van der Waals surface area contributed by atoms with Gasteiger partial charge in [0.15, 0.2) is 5.82 Å². The minimum absolute atomic E-state index is 0.150. The van der Waals surface area contributed by atoms with E-state index in [1.165, 1.54) is 24.3 Å². The molecule has 33 heavy (non-hydrogen) atoms. The fourth-order valence-corrected chi connectivity index (χ4v) is 3.91. The second-order valence-corrected chi connectivity index (χ2v) is 8.12. The molecule has 172 valence electrons. The normalized spacial score (nSPS) is 13.8. The van der Waals surface area contributed by atoms with Gasteiger partial charge in [-0.15, -0.1) is 0 Å². The van der Waals surface area contributed by atoms with Gasteiger partial charge in [0.25, 0.3) is 17.6 Å². The summed E-state index contributed by atoms with van der Waals surface area (Å²) in [6, 6.07) is 5.10. The number of rotatable bonds is 6. The van der Waals surface area contributed by atoms with Gasteiger partial charge in [-0.05, 0) is 69.9 Å². The summed E-state index contributed by atoms with van der Waals surface area (Å²) < 4.78 is 20.3. The van der Waals surface area contributed by atoms with E-state index in [-0.39, 0.29) is 17.4 Å². The van der Waals surface area contributed by atoms with Crippen molar-refractivity contribution in [2.24, 2.45) is 0 Å². The van der Waals surface area contributed by atoms with Crippen molar-refractivity contribution in [1.82, 2.24) is 20.0 Å². The topological polar surface area (TPSA) is 119 Å². The van der Waals surface area contributed by atoms with Crippen LogP contribution in [0.1, 0.15) is 69.6 Å². The molecule has 2 aromatic heterocycles. The number of hydrogen-bond donors (Lipinski definition) is 2. The Kier molecular flexibility index (Phi) is 6.08. The highest BCUT2D eigenvalue weighted by Crippen LogP contribution is 2.26. The van der Waals surface area contributed by atoms with Crippen LogP contribution in [0.4, 0.5) is 10.1 Å². The van der Waals surface area contributed by atoms with Gasteiger partial charge in [-0.3, -0.25) is 14.4 Å². The number of aryl methyl sites for hydroxylation is 2. The first-order valence-electron chi connectivity index (χ1n) is 10.7. The molecule has 1 aliphatic rings. The number of carbonyl (C=O) groups is 3. The maximum absolute atomic E-state index is 13.5.